The second-order valence-corrected chi connectivity index (χ2v) is 7.61. The molecule has 0 bridgehead atoms. The van der Waals surface area contributed by atoms with Gasteiger partial charge in [0.25, 0.3) is 0 Å². The molecule has 160 valence electrons. The van der Waals surface area contributed by atoms with Crippen molar-refractivity contribution in [3.8, 4) is 0 Å². The highest BCUT2D eigenvalue weighted by Gasteiger charge is 2.56. The number of rotatable bonds is 3. The largest absolute Gasteiger partial charge is 0.416 e. The molecule has 3 N–H and O–H groups in total. The van der Waals surface area contributed by atoms with Crippen molar-refractivity contribution >= 4 is 11.0 Å². The Balaban J connectivity index is 1.69. The highest BCUT2D eigenvalue weighted by atomic mass is 19.4. The molecular formula is C20H20F3N3O4. The van der Waals surface area contributed by atoms with Crippen LogP contribution in [-0.2, 0) is 10.9 Å². The van der Waals surface area contributed by atoms with Gasteiger partial charge in [-0.1, -0.05) is 12.1 Å². The van der Waals surface area contributed by atoms with Crippen molar-refractivity contribution in [1.29, 1.82) is 0 Å². The number of aryl methyl sites for hydroxylation is 1. The molecule has 4 rings (SSSR count). The van der Waals surface area contributed by atoms with Crippen LogP contribution in [0.15, 0.2) is 42.9 Å². The molecule has 1 aromatic carbocycles. The minimum absolute atomic E-state index is 0.0847. The number of hydrogen-bond donors (Lipinski definition) is 3. The second kappa shape index (κ2) is 7.02. The fraction of sp³-hybridized carbons (Fsp3) is 0.400. The monoisotopic (exact) mass is 423 g/mol. The first kappa shape index (κ1) is 20.7. The standard InChI is InChI=1S/C20H20F3N3O4/c1-10-13-6-7-26(17(13)25-9-24-10)18-15(28)19(2,29)16(30-18)14(27)11-4-3-5-12(8-11)20(21,22)23/h3-9,14-16,18,27-29H,1-2H3/t14-,15+,16-,18-,19+/m1/s1. The summed E-state index contributed by atoms with van der Waals surface area (Å²) in [4.78, 5) is 8.28. The summed E-state index contributed by atoms with van der Waals surface area (Å²) in [6, 6.07) is 5.88. The maximum atomic E-state index is 13.0. The Morgan fingerprint density at radius 1 is 1.23 bits per heavy atom. The lowest BCUT2D eigenvalue weighted by atomic mass is 9.88. The molecule has 0 spiro atoms. The number of aliphatic hydroxyl groups excluding tert-OH is 2. The number of alkyl halides is 3. The van der Waals surface area contributed by atoms with Crippen molar-refractivity contribution in [2.45, 2.75) is 50.2 Å². The molecule has 7 nitrogen and oxygen atoms in total. The van der Waals surface area contributed by atoms with Gasteiger partial charge in [0.2, 0.25) is 0 Å². The van der Waals surface area contributed by atoms with Gasteiger partial charge in [-0.25, -0.2) is 9.97 Å². The smallest absolute Gasteiger partial charge is 0.386 e. The van der Waals surface area contributed by atoms with E-state index in [1.165, 1.54) is 23.9 Å². The zero-order valence-electron chi connectivity index (χ0n) is 16.1. The van der Waals surface area contributed by atoms with Gasteiger partial charge in [-0.05, 0) is 37.6 Å². The van der Waals surface area contributed by atoms with E-state index in [0.717, 1.165) is 23.6 Å². The molecule has 0 saturated carbocycles. The zero-order chi connectivity index (χ0) is 21.8. The maximum Gasteiger partial charge on any atom is 0.416 e. The van der Waals surface area contributed by atoms with Crippen molar-refractivity contribution in [3.05, 3.63) is 59.7 Å². The molecule has 10 heteroatoms. The number of fused-ring (bicyclic) bond motifs is 1. The van der Waals surface area contributed by atoms with Crippen molar-refractivity contribution in [1.82, 2.24) is 14.5 Å². The van der Waals surface area contributed by atoms with Crippen molar-refractivity contribution in [3.63, 3.8) is 0 Å². The summed E-state index contributed by atoms with van der Waals surface area (Å²) in [6.07, 6.45) is -7.22. The van der Waals surface area contributed by atoms with E-state index < -0.39 is 41.9 Å². The Kier molecular flexibility index (Phi) is 4.85. The minimum Gasteiger partial charge on any atom is -0.386 e. The van der Waals surface area contributed by atoms with Gasteiger partial charge >= 0.3 is 6.18 Å². The number of aromatic nitrogens is 3. The number of aliphatic hydroxyl groups is 3. The van der Waals surface area contributed by atoms with Gasteiger partial charge in [-0.2, -0.15) is 13.2 Å². The lowest BCUT2D eigenvalue weighted by molar-refractivity contribution is -0.138. The Morgan fingerprint density at radius 3 is 2.67 bits per heavy atom. The fourth-order valence-electron chi connectivity index (χ4n) is 3.81. The van der Waals surface area contributed by atoms with Crippen LogP contribution in [0.4, 0.5) is 13.2 Å². The maximum absolute atomic E-state index is 13.0. The Labute approximate surface area is 169 Å². The van der Waals surface area contributed by atoms with E-state index in [9.17, 15) is 28.5 Å². The minimum atomic E-state index is -4.58. The third kappa shape index (κ3) is 3.25. The fourth-order valence-corrected chi connectivity index (χ4v) is 3.81. The summed E-state index contributed by atoms with van der Waals surface area (Å²) >= 11 is 0. The number of ether oxygens (including phenoxy) is 1. The van der Waals surface area contributed by atoms with Crippen LogP contribution in [0, 0.1) is 6.92 Å². The predicted molar refractivity (Wildman–Crippen MR) is 99.2 cm³/mol. The quantitative estimate of drug-likeness (QED) is 0.599. The first-order valence-corrected chi connectivity index (χ1v) is 9.21. The molecule has 1 fully saturated rings. The lowest BCUT2D eigenvalue weighted by Crippen LogP contribution is -2.47. The zero-order valence-corrected chi connectivity index (χ0v) is 16.1. The molecule has 1 aliphatic heterocycles. The van der Waals surface area contributed by atoms with Gasteiger partial charge in [0.05, 0.1) is 11.3 Å². The van der Waals surface area contributed by atoms with Crippen molar-refractivity contribution in [2.24, 2.45) is 0 Å². The molecule has 30 heavy (non-hydrogen) atoms. The summed E-state index contributed by atoms with van der Waals surface area (Å²) in [5.74, 6) is 0. The summed E-state index contributed by atoms with van der Waals surface area (Å²) in [5.41, 5.74) is -1.80. The van der Waals surface area contributed by atoms with Crippen molar-refractivity contribution in [2.75, 3.05) is 0 Å². The first-order chi connectivity index (χ1) is 14.0. The summed E-state index contributed by atoms with van der Waals surface area (Å²) in [5, 5.41) is 33.1. The van der Waals surface area contributed by atoms with Crippen LogP contribution < -0.4 is 0 Å². The van der Waals surface area contributed by atoms with Gasteiger partial charge in [-0.3, -0.25) is 0 Å². The molecule has 5 atom stereocenters. The summed E-state index contributed by atoms with van der Waals surface area (Å²) < 4.78 is 46.4. The Morgan fingerprint density at radius 2 is 1.97 bits per heavy atom. The molecular weight excluding hydrogens is 403 g/mol. The molecule has 0 radical (unpaired) electrons. The number of halogens is 3. The van der Waals surface area contributed by atoms with Gasteiger partial charge in [0.1, 0.15) is 35.9 Å². The lowest BCUT2D eigenvalue weighted by Gasteiger charge is -2.30. The van der Waals surface area contributed by atoms with Crippen LogP contribution in [-0.4, -0.2) is 47.7 Å². The van der Waals surface area contributed by atoms with Gasteiger partial charge < -0.3 is 24.6 Å². The van der Waals surface area contributed by atoms with Crippen LogP contribution in [0.1, 0.15) is 36.1 Å². The molecule has 1 saturated heterocycles. The van der Waals surface area contributed by atoms with E-state index in [0.29, 0.717) is 11.3 Å². The normalized spacial score (nSPS) is 28.2. The molecule has 2 aromatic heterocycles. The third-order valence-electron chi connectivity index (χ3n) is 5.56. The SMILES string of the molecule is Cc1ncnc2c1ccn2[C@@H]1O[C@H]([C@H](O)c2cccc(C(F)(F)F)c2)[C@@](C)(O)[C@H]1O. The van der Waals surface area contributed by atoms with E-state index in [1.54, 1.807) is 19.2 Å². The second-order valence-electron chi connectivity index (χ2n) is 7.61. The molecule has 3 heterocycles. The molecule has 0 aliphatic carbocycles. The van der Waals surface area contributed by atoms with E-state index >= 15 is 0 Å². The van der Waals surface area contributed by atoms with E-state index in [1.807, 2.05) is 0 Å². The van der Waals surface area contributed by atoms with Crippen LogP contribution in [0.2, 0.25) is 0 Å². The highest BCUT2D eigenvalue weighted by molar-refractivity contribution is 5.78. The van der Waals surface area contributed by atoms with Crippen molar-refractivity contribution < 1.29 is 33.2 Å². The summed E-state index contributed by atoms with van der Waals surface area (Å²) in [7, 11) is 0. The topological polar surface area (TPSA) is 101 Å². The molecule has 1 aliphatic rings. The van der Waals surface area contributed by atoms with E-state index in [2.05, 4.69) is 9.97 Å². The number of benzene rings is 1. The van der Waals surface area contributed by atoms with E-state index in [-0.39, 0.29) is 5.56 Å². The average Bonchev–Trinajstić information content (AvgIpc) is 3.21. The molecule has 0 unspecified atom stereocenters. The van der Waals surface area contributed by atoms with Crippen LogP contribution in [0.25, 0.3) is 11.0 Å². The Hall–Kier alpha value is -2.53. The number of hydrogen-bond acceptors (Lipinski definition) is 6. The first-order valence-electron chi connectivity index (χ1n) is 9.21. The molecule has 3 aromatic rings. The average molecular weight is 423 g/mol. The Bertz CT molecular complexity index is 1080. The van der Waals surface area contributed by atoms with E-state index in [4.69, 9.17) is 4.74 Å². The van der Waals surface area contributed by atoms with Crippen LogP contribution in [0.3, 0.4) is 0 Å². The number of nitrogens with zero attached hydrogens (tertiary/aromatic N) is 3. The van der Waals surface area contributed by atoms with Gasteiger partial charge in [0, 0.05) is 11.6 Å². The van der Waals surface area contributed by atoms with Crippen LogP contribution in [0.5, 0.6) is 0 Å². The van der Waals surface area contributed by atoms with Gasteiger partial charge in [-0.15, -0.1) is 0 Å². The third-order valence-corrected chi connectivity index (χ3v) is 5.56. The van der Waals surface area contributed by atoms with Gasteiger partial charge in [0.15, 0.2) is 6.23 Å². The summed E-state index contributed by atoms with van der Waals surface area (Å²) in [6.45, 7) is 3.06. The molecule has 0 amide bonds. The predicted octanol–water partition coefficient (Wildman–Crippen LogP) is 2.50. The van der Waals surface area contributed by atoms with Crippen LogP contribution >= 0.6 is 0 Å². The highest BCUT2D eigenvalue weighted by Crippen LogP contribution is 2.44.